The molecule has 0 aliphatic rings. The second kappa shape index (κ2) is 8.15. The second-order valence-electron chi connectivity index (χ2n) is 5.44. The maximum absolute atomic E-state index is 5.19. The maximum Gasteiger partial charge on any atom is 0.191 e. The highest BCUT2D eigenvalue weighted by molar-refractivity contribution is 9.10. The molecule has 2 N–H and O–H groups in total. The van der Waals surface area contributed by atoms with Gasteiger partial charge in [-0.15, -0.1) is 0 Å². The number of aromatic nitrogens is 1. The van der Waals surface area contributed by atoms with Crippen LogP contribution in [0.4, 0.5) is 0 Å². The Hall–Kier alpha value is -1.82. The number of guanidine groups is 1. The molecule has 1 heterocycles. The summed E-state index contributed by atoms with van der Waals surface area (Å²) in [5.41, 5.74) is 3.31. The second-order valence-corrected chi connectivity index (χ2v) is 6.29. The lowest BCUT2D eigenvalue weighted by Crippen LogP contribution is -2.39. The lowest BCUT2D eigenvalue weighted by atomic mass is 10.1. The van der Waals surface area contributed by atoms with E-state index in [-0.39, 0.29) is 6.04 Å². The summed E-state index contributed by atoms with van der Waals surface area (Å²) in [7, 11) is 1.78. The first-order chi connectivity index (χ1) is 11.0. The number of halogens is 1. The van der Waals surface area contributed by atoms with Crippen LogP contribution in [0.25, 0.3) is 0 Å². The van der Waals surface area contributed by atoms with Gasteiger partial charge in [0.05, 0.1) is 11.7 Å². The molecule has 0 saturated carbocycles. The van der Waals surface area contributed by atoms with Crippen molar-refractivity contribution in [3.63, 3.8) is 0 Å². The van der Waals surface area contributed by atoms with Crippen molar-refractivity contribution in [1.82, 2.24) is 15.8 Å². The van der Waals surface area contributed by atoms with Gasteiger partial charge in [-0.3, -0.25) is 4.99 Å². The molecule has 23 heavy (non-hydrogen) atoms. The lowest BCUT2D eigenvalue weighted by molar-refractivity contribution is 0.392. The van der Waals surface area contributed by atoms with Crippen molar-refractivity contribution in [2.75, 3.05) is 13.6 Å². The summed E-state index contributed by atoms with van der Waals surface area (Å²) < 4.78 is 6.27. The van der Waals surface area contributed by atoms with Gasteiger partial charge in [0.25, 0.3) is 0 Å². The first kappa shape index (κ1) is 17.5. The van der Waals surface area contributed by atoms with Crippen LogP contribution in [0.3, 0.4) is 0 Å². The van der Waals surface area contributed by atoms with E-state index in [9.17, 15) is 0 Å². The molecule has 124 valence electrons. The minimum Gasteiger partial charge on any atom is -0.361 e. The number of benzene rings is 1. The fourth-order valence-electron chi connectivity index (χ4n) is 2.47. The quantitative estimate of drug-likeness (QED) is 0.617. The van der Waals surface area contributed by atoms with Crippen LogP contribution >= 0.6 is 15.9 Å². The molecule has 0 bridgehead atoms. The Morgan fingerprint density at radius 3 is 2.70 bits per heavy atom. The standard InChI is InChI=1S/C17H23BrN4O/c1-11(15-7-5-6-8-16(15)18)21-17(19-4)20-10-9-14-12(2)22-23-13(14)3/h5-8,11H,9-10H2,1-4H3,(H2,19,20,21). The van der Waals surface area contributed by atoms with E-state index in [1.807, 2.05) is 32.0 Å². The predicted octanol–water partition coefficient (Wildman–Crippen LogP) is 3.52. The third kappa shape index (κ3) is 4.58. The van der Waals surface area contributed by atoms with Crippen molar-refractivity contribution >= 4 is 21.9 Å². The van der Waals surface area contributed by atoms with Crippen LogP contribution < -0.4 is 10.6 Å². The molecule has 5 nitrogen and oxygen atoms in total. The number of nitrogens with zero attached hydrogens (tertiary/aromatic N) is 2. The number of aliphatic imine (C=N–C) groups is 1. The molecule has 0 radical (unpaired) electrons. The zero-order valence-corrected chi connectivity index (χ0v) is 15.6. The van der Waals surface area contributed by atoms with Gasteiger partial charge in [0.1, 0.15) is 5.76 Å². The summed E-state index contributed by atoms with van der Waals surface area (Å²) >= 11 is 3.59. The minimum absolute atomic E-state index is 0.149. The zero-order chi connectivity index (χ0) is 16.8. The highest BCUT2D eigenvalue weighted by Gasteiger charge is 2.12. The lowest BCUT2D eigenvalue weighted by Gasteiger charge is -2.19. The van der Waals surface area contributed by atoms with Crippen molar-refractivity contribution < 1.29 is 4.52 Å². The van der Waals surface area contributed by atoms with Crippen LogP contribution in [0.2, 0.25) is 0 Å². The van der Waals surface area contributed by atoms with E-state index in [2.05, 4.69) is 49.7 Å². The van der Waals surface area contributed by atoms with E-state index in [4.69, 9.17) is 4.52 Å². The molecule has 0 amide bonds. The molecule has 0 fully saturated rings. The third-order valence-corrected chi connectivity index (χ3v) is 4.52. The molecule has 2 aromatic rings. The van der Waals surface area contributed by atoms with Gasteiger partial charge in [-0.2, -0.15) is 0 Å². The monoisotopic (exact) mass is 378 g/mol. The van der Waals surface area contributed by atoms with Crippen molar-refractivity contribution in [3.8, 4) is 0 Å². The molecule has 0 aliphatic carbocycles. The summed E-state index contributed by atoms with van der Waals surface area (Å²) in [6, 6.07) is 8.33. The first-order valence-electron chi connectivity index (χ1n) is 7.66. The number of rotatable bonds is 5. The van der Waals surface area contributed by atoms with E-state index in [1.165, 1.54) is 5.56 Å². The van der Waals surface area contributed by atoms with Crippen LogP contribution in [0.1, 0.15) is 35.5 Å². The Morgan fingerprint density at radius 2 is 2.09 bits per heavy atom. The minimum atomic E-state index is 0.149. The van der Waals surface area contributed by atoms with Gasteiger partial charge in [-0.25, -0.2) is 0 Å². The average molecular weight is 379 g/mol. The van der Waals surface area contributed by atoms with Gasteiger partial charge < -0.3 is 15.2 Å². The topological polar surface area (TPSA) is 62.5 Å². The highest BCUT2D eigenvalue weighted by atomic mass is 79.9. The fourth-order valence-corrected chi connectivity index (χ4v) is 3.10. The number of nitrogens with one attached hydrogen (secondary N) is 2. The molecule has 0 saturated heterocycles. The van der Waals surface area contributed by atoms with E-state index in [0.29, 0.717) is 0 Å². The summed E-state index contributed by atoms with van der Waals surface area (Å²) in [4.78, 5) is 4.29. The molecule has 0 spiro atoms. The molecule has 2 rings (SSSR count). The van der Waals surface area contributed by atoms with Crippen molar-refractivity contribution in [2.45, 2.75) is 33.2 Å². The van der Waals surface area contributed by atoms with Crippen molar-refractivity contribution in [3.05, 3.63) is 51.3 Å². The SMILES string of the molecule is CN=C(NCCc1c(C)noc1C)NC(C)c1ccccc1Br. The Kier molecular flexibility index (Phi) is 6.21. The summed E-state index contributed by atoms with van der Waals surface area (Å²) in [6.07, 6.45) is 0.852. The van der Waals surface area contributed by atoms with Gasteiger partial charge >= 0.3 is 0 Å². The molecular formula is C17H23BrN4O. The molecule has 1 unspecified atom stereocenters. The maximum atomic E-state index is 5.19. The van der Waals surface area contributed by atoms with Gasteiger partial charge in [0.15, 0.2) is 5.96 Å². The van der Waals surface area contributed by atoms with Crippen LogP contribution in [0.5, 0.6) is 0 Å². The van der Waals surface area contributed by atoms with Crippen LogP contribution in [0.15, 0.2) is 38.3 Å². The predicted molar refractivity (Wildman–Crippen MR) is 96.7 cm³/mol. The average Bonchev–Trinajstić information content (AvgIpc) is 2.85. The molecule has 1 atom stereocenters. The summed E-state index contributed by atoms with van der Waals surface area (Å²) in [6.45, 7) is 6.79. The van der Waals surface area contributed by atoms with Gasteiger partial charge in [0, 0.05) is 23.6 Å². The van der Waals surface area contributed by atoms with E-state index in [0.717, 1.165) is 40.4 Å². The Morgan fingerprint density at radius 1 is 1.35 bits per heavy atom. The Balaban J connectivity index is 1.90. The van der Waals surface area contributed by atoms with Gasteiger partial charge in [-0.05, 0) is 38.8 Å². The number of hydrogen-bond donors (Lipinski definition) is 2. The zero-order valence-electron chi connectivity index (χ0n) is 14.0. The van der Waals surface area contributed by atoms with E-state index < -0.39 is 0 Å². The molecule has 1 aromatic heterocycles. The normalized spacial score (nSPS) is 13.0. The van der Waals surface area contributed by atoms with Crippen molar-refractivity contribution in [1.29, 1.82) is 0 Å². The van der Waals surface area contributed by atoms with Crippen LogP contribution in [-0.4, -0.2) is 24.7 Å². The summed E-state index contributed by atoms with van der Waals surface area (Å²) in [5.74, 6) is 1.66. The number of aryl methyl sites for hydroxylation is 2. The molecule has 6 heteroatoms. The third-order valence-electron chi connectivity index (χ3n) is 3.80. The van der Waals surface area contributed by atoms with Crippen LogP contribution in [0, 0.1) is 13.8 Å². The highest BCUT2D eigenvalue weighted by Crippen LogP contribution is 2.22. The number of hydrogen-bond acceptors (Lipinski definition) is 3. The molecule has 1 aromatic carbocycles. The van der Waals surface area contributed by atoms with E-state index >= 15 is 0 Å². The molecular weight excluding hydrogens is 356 g/mol. The van der Waals surface area contributed by atoms with Crippen molar-refractivity contribution in [2.24, 2.45) is 4.99 Å². The Bertz CT molecular complexity index is 661. The first-order valence-corrected chi connectivity index (χ1v) is 8.45. The summed E-state index contributed by atoms with van der Waals surface area (Å²) in [5, 5.41) is 10.7. The molecule has 0 aliphatic heterocycles. The van der Waals surface area contributed by atoms with Gasteiger partial charge in [0.2, 0.25) is 0 Å². The Labute approximate surface area is 145 Å². The largest absolute Gasteiger partial charge is 0.361 e. The van der Waals surface area contributed by atoms with E-state index in [1.54, 1.807) is 7.05 Å². The fraction of sp³-hybridized carbons (Fsp3) is 0.412. The van der Waals surface area contributed by atoms with Crippen LogP contribution in [-0.2, 0) is 6.42 Å². The smallest absolute Gasteiger partial charge is 0.191 e. The van der Waals surface area contributed by atoms with Gasteiger partial charge in [-0.1, -0.05) is 39.3 Å².